The first-order chi connectivity index (χ1) is 12.9. The number of nitrogens with zero attached hydrogens (tertiary/aromatic N) is 3. The lowest BCUT2D eigenvalue weighted by Gasteiger charge is -2.19. The smallest absolute Gasteiger partial charge is 0.338 e. The summed E-state index contributed by atoms with van der Waals surface area (Å²) >= 11 is 0. The predicted molar refractivity (Wildman–Crippen MR) is 101 cm³/mol. The summed E-state index contributed by atoms with van der Waals surface area (Å²) in [6.07, 6.45) is 1.74. The van der Waals surface area contributed by atoms with Crippen LogP contribution in [0, 0.1) is 0 Å². The minimum atomic E-state index is -0.516. The van der Waals surface area contributed by atoms with Crippen molar-refractivity contribution >= 4 is 11.8 Å². The second-order valence-corrected chi connectivity index (χ2v) is 7.19. The van der Waals surface area contributed by atoms with Gasteiger partial charge in [-0.05, 0) is 36.4 Å². The zero-order valence-corrected chi connectivity index (χ0v) is 15.5. The first-order valence-electron chi connectivity index (χ1n) is 8.63. The Morgan fingerprint density at radius 3 is 2.26 bits per heavy atom. The molecule has 1 heterocycles. The van der Waals surface area contributed by atoms with E-state index in [-0.39, 0.29) is 17.8 Å². The number of ketones is 1. The number of ether oxygens (including phenoxy) is 1. The number of rotatable bonds is 5. The SMILES string of the molecule is CC(C)(C)c1cnnn1-c1ccc(C(=O)COC(=O)c2ccccc2)cc1. The fourth-order valence-electron chi connectivity index (χ4n) is 2.60. The van der Waals surface area contributed by atoms with Crippen LogP contribution in [-0.4, -0.2) is 33.4 Å². The Balaban J connectivity index is 1.68. The number of carbonyl (C=O) groups excluding carboxylic acids is 2. The van der Waals surface area contributed by atoms with Crippen molar-refractivity contribution in [3.05, 3.63) is 77.6 Å². The molecule has 0 N–H and O–H groups in total. The molecule has 0 fully saturated rings. The molecule has 0 aliphatic carbocycles. The van der Waals surface area contributed by atoms with Crippen molar-refractivity contribution in [1.29, 1.82) is 0 Å². The summed E-state index contributed by atoms with van der Waals surface area (Å²) in [7, 11) is 0. The fourth-order valence-corrected chi connectivity index (χ4v) is 2.60. The van der Waals surface area contributed by atoms with Gasteiger partial charge in [0.25, 0.3) is 0 Å². The van der Waals surface area contributed by atoms with E-state index < -0.39 is 5.97 Å². The maximum absolute atomic E-state index is 12.3. The van der Waals surface area contributed by atoms with E-state index in [4.69, 9.17) is 4.74 Å². The molecule has 138 valence electrons. The van der Waals surface area contributed by atoms with Crippen molar-refractivity contribution in [2.75, 3.05) is 6.61 Å². The molecular formula is C21H21N3O3. The molecule has 0 amide bonds. The van der Waals surface area contributed by atoms with Crippen LogP contribution >= 0.6 is 0 Å². The lowest BCUT2D eigenvalue weighted by Crippen LogP contribution is -2.17. The Labute approximate surface area is 157 Å². The highest BCUT2D eigenvalue weighted by Crippen LogP contribution is 2.23. The number of hydrogen-bond acceptors (Lipinski definition) is 5. The van der Waals surface area contributed by atoms with Gasteiger partial charge in [0, 0.05) is 11.0 Å². The molecule has 3 rings (SSSR count). The molecule has 2 aromatic carbocycles. The average Bonchev–Trinajstić information content (AvgIpc) is 3.17. The molecule has 0 radical (unpaired) electrons. The third-order valence-electron chi connectivity index (χ3n) is 4.10. The summed E-state index contributed by atoms with van der Waals surface area (Å²) in [5, 5.41) is 8.12. The lowest BCUT2D eigenvalue weighted by molar-refractivity contribution is 0.0475. The number of hydrogen-bond donors (Lipinski definition) is 0. The molecule has 0 saturated heterocycles. The standard InChI is InChI=1S/C21H21N3O3/c1-21(2,3)19-13-22-23-24(19)17-11-9-15(10-12-17)18(25)14-27-20(26)16-7-5-4-6-8-16/h4-13H,14H2,1-3H3. The zero-order valence-electron chi connectivity index (χ0n) is 15.5. The molecule has 0 spiro atoms. The number of benzene rings is 2. The number of aromatic nitrogens is 3. The van der Waals surface area contributed by atoms with Gasteiger partial charge in [-0.2, -0.15) is 0 Å². The van der Waals surface area contributed by atoms with Crippen LogP contribution in [-0.2, 0) is 10.2 Å². The van der Waals surface area contributed by atoms with Gasteiger partial charge in [0.15, 0.2) is 12.4 Å². The molecular weight excluding hydrogens is 342 g/mol. The van der Waals surface area contributed by atoms with Gasteiger partial charge in [0.1, 0.15) is 0 Å². The lowest BCUT2D eigenvalue weighted by atomic mass is 9.92. The topological polar surface area (TPSA) is 74.1 Å². The first-order valence-corrected chi connectivity index (χ1v) is 8.63. The summed E-state index contributed by atoms with van der Waals surface area (Å²) < 4.78 is 6.85. The van der Waals surface area contributed by atoms with Crippen molar-refractivity contribution in [2.45, 2.75) is 26.2 Å². The maximum Gasteiger partial charge on any atom is 0.338 e. The molecule has 0 unspecified atom stereocenters. The summed E-state index contributed by atoms with van der Waals surface area (Å²) in [4.78, 5) is 24.2. The number of Topliss-reactive ketones (excluding diaryl/α,β-unsaturated/α-hetero) is 1. The van der Waals surface area contributed by atoms with E-state index in [1.807, 2.05) is 6.07 Å². The van der Waals surface area contributed by atoms with Crippen LogP contribution < -0.4 is 0 Å². The Morgan fingerprint density at radius 2 is 1.63 bits per heavy atom. The second-order valence-electron chi connectivity index (χ2n) is 7.19. The molecule has 0 aliphatic heterocycles. The van der Waals surface area contributed by atoms with E-state index in [9.17, 15) is 9.59 Å². The van der Waals surface area contributed by atoms with E-state index in [2.05, 4.69) is 31.1 Å². The first kappa shape index (κ1) is 18.5. The van der Waals surface area contributed by atoms with E-state index in [0.717, 1.165) is 11.4 Å². The van der Waals surface area contributed by atoms with Gasteiger partial charge in [-0.25, -0.2) is 9.48 Å². The van der Waals surface area contributed by atoms with Crippen molar-refractivity contribution in [2.24, 2.45) is 0 Å². The molecule has 6 heteroatoms. The summed E-state index contributed by atoms with van der Waals surface area (Å²) in [5.74, 6) is -0.779. The van der Waals surface area contributed by atoms with Gasteiger partial charge >= 0.3 is 5.97 Å². The van der Waals surface area contributed by atoms with Crippen LogP contribution in [0.1, 0.15) is 47.2 Å². The van der Waals surface area contributed by atoms with Crippen molar-refractivity contribution in [3.63, 3.8) is 0 Å². The van der Waals surface area contributed by atoms with Gasteiger partial charge in [0.05, 0.1) is 23.1 Å². The minimum absolute atomic E-state index is 0.108. The van der Waals surface area contributed by atoms with Crippen LogP contribution in [0.4, 0.5) is 0 Å². The van der Waals surface area contributed by atoms with E-state index >= 15 is 0 Å². The van der Waals surface area contributed by atoms with Gasteiger partial charge in [-0.1, -0.05) is 44.2 Å². The molecule has 0 atom stereocenters. The Bertz CT molecular complexity index is 939. The Kier molecular flexibility index (Phi) is 5.16. The normalized spacial score (nSPS) is 11.2. The molecule has 6 nitrogen and oxygen atoms in total. The predicted octanol–water partition coefficient (Wildman–Crippen LogP) is 3.60. The van der Waals surface area contributed by atoms with Gasteiger partial charge in [0.2, 0.25) is 0 Å². The van der Waals surface area contributed by atoms with Crippen molar-refractivity contribution < 1.29 is 14.3 Å². The van der Waals surface area contributed by atoms with Crippen molar-refractivity contribution in [3.8, 4) is 5.69 Å². The Hall–Kier alpha value is -3.28. The van der Waals surface area contributed by atoms with Crippen LogP contribution in [0.5, 0.6) is 0 Å². The largest absolute Gasteiger partial charge is 0.454 e. The molecule has 3 aromatic rings. The van der Waals surface area contributed by atoms with Crippen LogP contribution in [0.25, 0.3) is 5.69 Å². The fraction of sp³-hybridized carbons (Fsp3) is 0.238. The van der Waals surface area contributed by atoms with Crippen LogP contribution in [0.15, 0.2) is 60.8 Å². The molecule has 0 bridgehead atoms. The third-order valence-corrected chi connectivity index (χ3v) is 4.10. The maximum atomic E-state index is 12.3. The van der Waals surface area contributed by atoms with Gasteiger partial charge < -0.3 is 4.74 Å². The third kappa shape index (κ3) is 4.28. The highest BCUT2D eigenvalue weighted by molar-refractivity contribution is 5.99. The molecule has 0 saturated carbocycles. The van der Waals surface area contributed by atoms with Gasteiger partial charge in [-0.3, -0.25) is 4.79 Å². The molecule has 27 heavy (non-hydrogen) atoms. The highest BCUT2D eigenvalue weighted by atomic mass is 16.5. The minimum Gasteiger partial charge on any atom is -0.454 e. The number of esters is 1. The van der Waals surface area contributed by atoms with Crippen molar-refractivity contribution in [1.82, 2.24) is 15.0 Å². The summed E-state index contributed by atoms with van der Waals surface area (Å²) in [5.41, 5.74) is 2.57. The molecule has 1 aromatic heterocycles. The number of carbonyl (C=O) groups is 2. The van der Waals surface area contributed by atoms with Crippen LogP contribution in [0.3, 0.4) is 0 Å². The quantitative estimate of drug-likeness (QED) is 0.511. The van der Waals surface area contributed by atoms with E-state index in [1.165, 1.54) is 0 Å². The monoisotopic (exact) mass is 363 g/mol. The average molecular weight is 363 g/mol. The van der Waals surface area contributed by atoms with Gasteiger partial charge in [-0.15, -0.1) is 5.10 Å². The summed E-state index contributed by atoms with van der Waals surface area (Å²) in [6.45, 7) is 5.95. The van der Waals surface area contributed by atoms with Crippen LogP contribution in [0.2, 0.25) is 0 Å². The Morgan fingerprint density at radius 1 is 0.963 bits per heavy atom. The summed E-state index contributed by atoms with van der Waals surface area (Å²) in [6, 6.07) is 15.6. The zero-order chi connectivity index (χ0) is 19.4. The second kappa shape index (κ2) is 7.53. The van der Waals surface area contributed by atoms with E-state index in [0.29, 0.717) is 11.1 Å². The highest BCUT2D eigenvalue weighted by Gasteiger charge is 2.20. The van der Waals surface area contributed by atoms with E-state index in [1.54, 1.807) is 59.4 Å². The molecule has 0 aliphatic rings.